The van der Waals surface area contributed by atoms with E-state index in [1.807, 2.05) is 6.08 Å². The van der Waals surface area contributed by atoms with Gasteiger partial charge in [-0.05, 0) is 70.6 Å². The minimum atomic E-state index is -0.861. The summed E-state index contributed by atoms with van der Waals surface area (Å²) >= 11 is 0. The first-order valence-electron chi connectivity index (χ1n) is 21.2. The van der Waals surface area contributed by atoms with Gasteiger partial charge < -0.3 is 15.5 Å². The molecule has 0 aromatic heterocycles. The van der Waals surface area contributed by atoms with E-state index in [1.165, 1.54) is 116 Å². The van der Waals surface area contributed by atoms with Crippen LogP contribution in [0.2, 0.25) is 0 Å². The third kappa shape index (κ3) is 37.1. The number of aliphatic hydroxyl groups excluding tert-OH is 2. The van der Waals surface area contributed by atoms with E-state index in [-0.39, 0.29) is 12.5 Å². The number of unbranched alkanes of at least 4 members (excludes halogenated alkanes) is 20. The predicted molar refractivity (Wildman–Crippen MR) is 220 cm³/mol. The lowest BCUT2D eigenvalue weighted by atomic mass is 10.0. The first-order valence-corrected chi connectivity index (χ1v) is 21.2. The van der Waals surface area contributed by atoms with Crippen molar-refractivity contribution in [3.63, 3.8) is 0 Å². The van der Waals surface area contributed by atoms with Gasteiger partial charge in [0.05, 0.1) is 18.8 Å². The predicted octanol–water partition coefficient (Wildman–Crippen LogP) is 13.1. The summed E-state index contributed by atoms with van der Waals surface area (Å²) in [6, 6.07) is -0.638. The summed E-state index contributed by atoms with van der Waals surface area (Å²) in [7, 11) is 0. The molecule has 0 aromatic carbocycles. The standard InChI is InChI=1S/C46H81NO3/c1-3-5-7-9-11-13-14-15-16-17-18-19-20-21-22-23-24-25-26-27-28-29-30-31-32-34-36-38-40-42-46(50)47-44(43-48)45(49)41-39-37-35-33-12-10-8-6-4-2/h5,7,11-13,15-16,18-19,33,39,41,44-45,48-49H,3-4,6,8-10,14,17,20-32,34-38,40,42-43H2,1-2H3,(H,47,50)/b7-5-,13-11-,16-15-,19-18-,33-12+,41-39+. The Morgan fingerprint density at radius 2 is 0.900 bits per heavy atom. The van der Waals surface area contributed by atoms with Gasteiger partial charge in [-0.25, -0.2) is 0 Å². The Morgan fingerprint density at radius 3 is 1.40 bits per heavy atom. The molecule has 0 fully saturated rings. The molecule has 0 rings (SSSR count). The zero-order valence-corrected chi connectivity index (χ0v) is 32.9. The Labute approximate surface area is 310 Å². The molecule has 4 nitrogen and oxygen atoms in total. The first-order chi connectivity index (χ1) is 24.7. The van der Waals surface area contributed by atoms with Crippen LogP contribution in [0.5, 0.6) is 0 Å². The molecule has 0 saturated heterocycles. The van der Waals surface area contributed by atoms with Crippen molar-refractivity contribution in [3.8, 4) is 0 Å². The smallest absolute Gasteiger partial charge is 0.220 e. The molecule has 2 unspecified atom stereocenters. The van der Waals surface area contributed by atoms with Crippen molar-refractivity contribution >= 4 is 5.91 Å². The Morgan fingerprint density at radius 1 is 0.500 bits per heavy atom. The molecule has 0 aromatic rings. The fourth-order valence-corrected chi connectivity index (χ4v) is 5.95. The summed E-state index contributed by atoms with van der Waals surface area (Å²) in [4.78, 5) is 12.3. The summed E-state index contributed by atoms with van der Waals surface area (Å²) in [5, 5.41) is 22.8. The molecule has 0 aliphatic heterocycles. The van der Waals surface area contributed by atoms with Crippen molar-refractivity contribution in [2.24, 2.45) is 0 Å². The average molecular weight is 696 g/mol. The van der Waals surface area contributed by atoms with E-state index in [4.69, 9.17) is 0 Å². The van der Waals surface area contributed by atoms with E-state index < -0.39 is 12.1 Å². The highest BCUT2D eigenvalue weighted by Crippen LogP contribution is 2.15. The molecular formula is C46H81NO3. The highest BCUT2D eigenvalue weighted by atomic mass is 16.3. The monoisotopic (exact) mass is 696 g/mol. The van der Waals surface area contributed by atoms with Gasteiger partial charge in [-0.15, -0.1) is 0 Å². The second-order valence-electron chi connectivity index (χ2n) is 14.0. The fraction of sp³-hybridized carbons (Fsp3) is 0.717. The van der Waals surface area contributed by atoms with E-state index in [1.54, 1.807) is 6.08 Å². The number of aliphatic hydroxyl groups is 2. The molecule has 1 amide bonds. The number of nitrogens with one attached hydrogen (secondary N) is 1. The van der Waals surface area contributed by atoms with Gasteiger partial charge >= 0.3 is 0 Å². The molecule has 0 spiro atoms. The van der Waals surface area contributed by atoms with Crippen LogP contribution in [0.15, 0.2) is 72.9 Å². The van der Waals surface area contributed by atoms with Crippen molar-refractivity contribution in [1.29, 1.82) is 0 Å². The summed E-state index contributed by atoms with van der Waals surface area (Å²) in [6.45, 7) is 4.12. The summed E-state index contributed by atoms with van der Waals surface area (Å²) < 4.78 is 0. The second kappa shape index (κ2) is 41.3. The van der Waals surface area contributed by atoms with Gasteiger partial charge in [-0.2, -0.15) is 0 Å². The molecule has 50 heavy (non-hydrogen) atoms. The minimum absolute atomic E-state index is 0.0794. The summed E-state index contributed by atoms with van der Waals surface area (Å²) in [5.41, 5.74) is 0. The number of hydrogen-bond acceptors (Lipinski definition) is 3. The molecule has 0 heterocycles. The van der Waals surface area contributed by atoms with Crippen LogP contribution < -0.4 is 5.32 Å². The van der Waals surface area contributed by atoms with Gasteiger partial charge in [-0.3, -0.25) is 4.79 Å². The van der Waals surface area contributed by atoms with Gasteiger partial charge in [0.25, 0.3) is 0 Å². The Bertz CT molecular complexity index is 884. The molecule has 0 aliphatic rings. The number of allylic oxidation sites excluding steroid dienone is 11. The molecule has 0 aliphatic carbocycles. The number of amides is 1. The van der Waals surface area contributed by atoms with Crippen LogP contribution in [-0.4, -0.2) is 34.9 Å². The van der Waals surface area contributed by atoms with E-state index in [0.717, 1.165) is 57.8 Å². The second-order valence-corrected chi connectivity index (χ2v) is 14.0. The lowest BCUT2D eigenvalue weighted by Crippen LogP contribution is -2.45. The van der Waals surface area contributed by atoms with E-state index in [9.17, 15) is 15.0 Å². The van der Waals surface area contributed by atoms with Gasteiger partial charge in [0, 0.05) is 6.42 Å². The molecular weight excluding hydrogens is 615 g/mol. The quantitative estimate of drug-likeness (QED) is 0.0447. The van der Waals surface area contributed by atoms with Crippen LogP contribution in [0.4, 0.5) is 0 Å². The van der Waals surface area contributed by atoms with Crippen LogP contribution >= 0.6 is 0 Å². The molecule has 0 saturated carbocycles. The van der Waals surface area contributed by atoms with Crippen molar-refractivity contribution < 1.29 is 15.0 Å². The number of carbonyl (C=O) groups excluding carboxylic acids is 1. The Hall–Kier alpha value is -2.17. The van der Waals surface area contributed by atoms with Crippen molar-refractivity contribution in [2.45, 2.75) is 206 Å². The fourth-order valence-electron chi connectivity index (χ4n) is 5.95. The molecule has 3 N–H and O–H groups in total. The summed E-state index contributed by atoms with van der Waals surface area (Å²) in [5.74, 6) is -0.0794. The van der Waals surface area contributed by atoms with E-state index >= 15 is 0 Å². The SMILES string of the molecule is CC/C=C\C/C=C\C/C=C\C/C=C\CCCCCCCCCCCCCCCCCCC(=O)NC(CO)C(O)/C=C/CC/C=C/CCCCC. The first kappa shape index (κ1) is 47.8. The molecule has 4 heteroatoms. The van der Waals surface area contributed by atoms with Crippen molar-refractivity contribution in [1.82, 2.24) is 5.32 Å². The van der Waals surface area contributed by atoms with Crippen LogP contribution in [0.25, 0.3) is 0 Å². The Kier molecular flexibility index (Phi) is 39.5. The van der Waals surface area contributed by atoms with E-state index in [2.05, 4.69) is 79.9 Å². The van der Waals surface area contributed by atoms with Gasteiger partial charge in [0.1, 0.15) is 0 Å². The summed E-state index contributed by atoms with van der Waals surface area (Å²) in [6.07, 6.45) is 58.8. The van der Waals surface area contributed by atoms with Gasteiger partial charge in [0.2, 0.25) is 5.91 Å². The van der Waals surface area contributed by atoms with Crippen LogP contribution in [0.3, 0.4) is 0 Å². The van der Waals surface area contributed by atoms with Crippen LogP contribution in [-0.2, 0) is 4.79 Å². The van der Waals surface area contributed by atoms with Crippen LogP contribution in [0.1, 0.15) is 194 Å². The largest absolute Gasteiger partial charge is 0.394 e. The zero-order valence-electron chi connectivity index (χ0n) is 32.9. The highest BCUT2D eigenvalue weighted by Gasteiger charge is 2.17. The minimum Gasteiger partial charge on any atom is -0.394 e. The number of carbonyl (C=O) groups is 1. The third-order valence-corrected chi connectivity index (χ3v) is 9.17. The number of rotatable bonds is 37. The van der Waals surface area contributed by atoms with Gasteiger partial charge in [0.15, 0.2) is 0 Å². The molecule has 2 atom stereocenters. The maximum atomic E-state index is 12.3. The highest BCUT2D eigenvalue weighted by molar-refractivity contribution is 5.76. The average Bonchev–Trinajstić information content (AvgIpc) is 3.12. The maximum absolute atomic E-state index is 12.3. The lowest BCUT2D eigenvalue weighted by molar-refractivity contribution is -0.123. The van der Waals surface area contributed by atoms with Gasteiger partial charge in [-0.1, -0.05) is 189 Å². The Balaban J connectivity index is 3.50. The zero-order chi connectivity index (χ0) is 36.4. The van der Waals surface area contributed by atoms with Crippen LogP contribution in [0, 0.1) is 0 Å². The third-order valence-electron chi connectivity index (χ3n) is 9.17. The number of hydrogen-bond donors (Lipinski definition) is 3. The lowest BCUT2D eigenvalue weighted by Gasteiger charge is -2.19. The molecule has 0 radical (unpaired) electrons. The van der Waals surface area contributed by atoms with E-state index in [0.29, 0.717) is 6.42 Å². The van der Waals surface area contributed by atoms with Crippen molar-refractivity contribution in [3.05, 3.63) is 72.9 Å². The normalized spacial score (nSPS) is 13.8. The molecule has 288 valence electrons. The maximum Gasteiger partial charge on any atom is 0.220 e. The topological polar surface area (TPSA) is 69.6 Å². The molecule has 0 bridgehead atoms. The van der Waals surface area contributed by atoms with Crippen molar-refractivity contribution in [2.75, 3.05) is 6.61 Å².